The van der Waals surface area contributed by atoms with E-state index >= 15 is 0 Å². The van der Waals surface area contributed by atoms with Gasteiger partial charge in [0.1, 0.15) is 16.6 Å². The summed E-state index contributed by atoms with van der Waals surface area (Å²) in [5, 5.41) is 11.5. The van der Waals surface area contributed by atoms with E-state index in [1.54, 1.807) is 0 Å². The fraction of sp³-hybridized carbons (Fsp3) is 0.462. The molecular weight excluding hydrogens is 342 g/mol. The number of carbonyl (C=O) groups excluding carboxylic acids is 2. The van der Waals surface area contributed by atoms with E-state index in [4.69, 9.17) is 5.11 Å². The Morgan fingerprint density at radius 1 is 1.42 bits per heavy atom. The number of carboxylic acid groups (broad SMARTS) is 1. The molecule has 1 amide bonds. The first-order valence-electron chi connectivity index (χ1n) is 6.87. The monoisotopic (exact) mass is 361 g/mol. The topological polar surface area (TPSA) is 146 Å². The van der Waals surface area contributed by atoms with Crippen LogP contribution in [-0.2, 0) is 24.3 Å². The summed E-state index contributed by atoms with van der Waals surface area (Å²) in [6, 6.07) is -0.304. The van der Waals surface area contributed by atoms with E-state index in [2.05, 4.69) is 15.0 Å². The molecule has 0 saturated heterocycles. The predicted molar refractivity (Wildman–Crippen MR) is 81.8 cm³/mol. The van der Waals surface area contributed by atoms with Gasteiger partial charge in [-0.1, -0.05) is 0 Å². The van der Waals surface area contributed by atoms with Gasteiger partial charge in [-0.3, -0.25) is 9.59 Å². The minimum Gasteiger partial charge on any atom is -0.480 e. The van der Waals surface area contributed by atoms with Crippen LogP contribution in [0.5, 0.6) is 0 Å². The zero-order chi connectivity index (χ0) is 18.5. The van der Waals surface area contributed by atoms with Crippen molar-refractivity contribution in [2.75, 3.05) is 20.2 Å². The number of carbonyl (C=O) groups is 3. The standard InChI is InChI=1S/C13H19N3O7S/c1-8(12(18)19)16(5-4-14-9(2)17)24(21,22)10-6-11(15-7-10)13(20)23-3/h6-8,15H,4-5H2,1-3H3,(H,14,17)(H,18,19). The number of aliphatic carboxylic acids is 1. The Morgan fingerprint density at radius 2 is 2.04 bits per heavy atom. The fourth-order valence-corrected chi connectivity index (χ4v) is 3.46. The lowest BCUT2D eigenvalue weighted by Crippen LogP contribution is -2.46. The zero-order valence-corrected chi connectivity index (χ0v) is 14.2. The van der Waals surface area contributed by atoms with Gasteiger partial charge in [0.15, 0.2) is 0 Å². The summed E-state index contributed by atoms with van der Waals surface area (Å²) >= 11 is 0. The summed E-state index contributed by atoms with van der Waals surface area (Å²) < 4.78 is 30.5. The molecule has 1 unspecified atom stereocenters. The summed E-state index contributed by atoms with van der Waals surface area (Å²) in [5.74, 6) is -2.47. The third-order valence-electron chi connectivity index (χ3n) is 3.16. The van der Waals surface area contributed by atoms with Gasteiger partial charge in [0.05, 0.1) is 7.11 Å². The van der Waals surface area contributed by atoms with Gasteiger partial charge in [0, 0.05) is 26.2 Å². The Morgan fingerprint density at radius 3 is 2.54 bits per heavy atom. The molecule has 0 aromatic carbocycles. The van der Waals surface area contributed by atoms with E-state index in [0.717, 1.165) is 23.7 Å². The van der Waals surface area contributed by atoms with Crippen LogP contribution < -0.4 is 5.32 Å². The molecule has 0 bridgehead atoms. The van der Waals surface area contributed by atoms with Crippen molar-refractivity contribution in [3.63, 3.8) is 0 Å². The van der Waals surface area contributed by atoms with E-state index < -0.39 is 28.0 Å². The number of nitrogens with one attached hydrogen (secondary N) is 2. The second-order valence-electron chi connectivity index (χ2n) is 4.85. The Hall–Kier alpha value is -2.40. The molecule has 1 atom stereocenters. The highest BCUT2D eigenvalue weighted by Gasteiger charge is 2.33. The van der Waals surface area contributed by atoms with Crippen molar-refractivity contribution in [1.82, 2.24) is 14.6 Å². The predicted octanol–water partition coefficient (Wildman–Crippen LogP) is -0.599. The average Bonchev–Trinajstić information content (AvgIpc) is 3.00. The number of aromatic nitrogens is 1. The van der Waals surface area contributed by atoms with E-state index in [-0.39, 0.29) is 29.6 Å². The van der Waals surface area contributed by atoms with Gasteiger partial charge >= 0.3 is 11.9 Å². The van der Waals surface area contributed by atoms with Crippen LogP contribution in [0.4, 0.5) is 0 Å². The van der Waals surface area contributed by atoms with Crippen molar-refractivity contribution in [2.24, 2.45) is 0 Å². The van der Waals surface area contributed by atoms with Crippen LogP contribution in [0.1, 0.15) is 24.3 Å². The molecule has 24 heavy (non-hydrogen) atoms. The molecular formula is C13H19N3O7S. The van der Waals surface area contributed by atoms with Crippen LogP contribution in [0.3, 0.4) is 0 Å². The summed E-state index contributed by atoms with van der Waals surface area (Å²) in [7, 11) is -3.06. The SMILES string of the molecule is COC(=O)c1cc(S(=O)(=O)N(CCNC(C)=O)C(C)C(=O)O)c[nH]1. The third kappa shape index (κ3) is 4.55. The minimum absolute atomic E-state index is 0.0551. The first-order chi connectivity index (χ1) is 11.1. The van der Waals surface area contributed by atoms with Crippen LogP contribution in [0.2, 0.25) is 0 Å². The van der Waals surface area contributed by atoms with Crippen LogP contribution in [0, 0.1) is 0 Å². The number of hydrogen-bond acceptors (Lipinski definition) is 6. The van der Waals surface area contributed by atoms with Gasteiger partial charge in [-0.05, 0) is 13.0 Å². The van der Waals surface area contributed by atoms with Gasteiger partial charge in [0.2, 0.25) is 15.9 Å². The molecule has 0 aliphatic rings. The number of aromatic amines is 1. The highest BCUT2D eigenvalue weighted by atomic mass is 32.2. The van der Waals surface area contributed by atoms with Crippen LogP contribution in [0.25, 0.3) is 0 Å². The highest BCUT2D eigenvalue weighted by Crippen LogP contribution is 2.19. The first-order valence-corrected chi connectivity index (χ1v) is 8.31. The molecule has 10 nitrogen and oxygen atoms in total. The Kier molecular flexibility index (Phi) is 6.49. The molecule has 3 N–H and O–H groups in total. The number of sulfonamides is 1. The van der Waals surface area contributed by atoms with Gasteiger partial charge < -0.3 is 20.1 Å². The van der Waals surface area contributed by atoms with Gasteiger partial charge in [0.25, 0.3) is 0 Å². The van der Waals surface area contributed by atoms with Crippen molar-refractivity contribution >= 4 is 27.9 Å². The lowest BCUT2D eigenvalue weighted by molar-refractivity contribution is -0.140. The molecule has 0 fully saturated rings. The molecule has 0 aliphatic heterocycles. The molecule has 0 saturated carbocycles. The second-order valence-corrected chi connectivity index (χ2v) is 6.74. The van der Waals surface area contributed by atoms with Gasteiger partial charge in [-0.15, -0.1) is 0 Å². The van der Waals surface area contributed by atoms with E-state index in [0.29, 0.717) is 0 Å². The first kappa shape index (κ1) is 19.6. The summed E-state index contributed by atoms with van der Waals surface area (Å²) in [4.78, 5) is 35.7. The van der Waals surface area contributed by atoms with Crippen molar-refractivity contribution in [3.05, 3.63) is 18.0 Å². The molecule has 1 rings (SSSR count). The number of H-pyrrole nitrogens is 1. The molecule has 134 valence electrons. The van der Waals surface area contributed by atoms with Crippen molar-refractivity contribution in [2.45, 2.75) is 24.8 Å². The smallest absolute Gasteiger partial charge is 0.354 e. The summed E-state index contributed by atoms with van der Waals surface area (Å²) in [6.45, 7) is 2.17. The number of amides is 1. The van der Waals surface area contributed by atoms with Gasteiger partial charge in [-0.25, -0.2) is 13.2 Å². The Bertz CT molecular complexity index is 726. The average molecular weight is 361 g/mol. The second kappa shape index (κ2) is 7.93. The van der Waals surface area contributed by atoms with Gasteiger partial charge in [-0.2, -0.15) is 4.31 Å². The maximum atomic E-state index is 12.7. The van der Waals surface area contributed by atoms with Crippen LogP contribution in [-0.4, -0.2) is 66.9 Å². The Balaban J connectivity index is 3.13. The van der Waals surface area contributed by atoms with E-state index in [1.165, 1.54) is 13.8 Å². The lowest BCUT2D eigenvalue weighted by atomic mass is 10.3. The highest BCUT2D eigenvalue weighted by molar-refractivity contribution is 7.89. The van der Waals surface area contributed by atoms with Crippen molar-refractivity contribution < 1.29 is 32.6 Å². The maximum Gasteiger partial charge on any atom is 0.354 e. The zero-order valence-electron chi connectivity index (χ0n) is 13.4. The van der Waals surface area contributed by atoms with Crippen LogP contribution >= 0.6 is 0 Å². The number of methoxy groups -OCH3 is 1. The molecule has 0 radical (unpaired) electrons. The number of rotatable bonds is 8. The molecule has 1 aromatic rings. The number of nitrogens with zero attached hydrogens (tertiary/aromatic N) is 1. The molecule has 1 heterocycles. The minimum atomic E-state index is -4.20. The maximum absolute atomic E-state index is 12.7. The van der Waals surface area contributed by atoms with Crippen molar-refractivity contribution in [3.8, 4) is 0 Å². The summed E-state index contributed by atoms with van der Waals surface area (Å²) in [5.41, 5.74) is -0.0825. The molecule has 11 heteroatoms. The third-order valence-corrected chi connectivity index (χ3v) is 5.11. The lowest BCUT2D eigenvalue weighted by Gasteiger charge is -2.25. The number of carboxylic acids is 1. The number of ether oxygens (including phenoxy) is 1. The molecule has 0 spiro atoms. The largest absolute Gasteiger partial charge is 0.480 e. The van der Waals surface area contributed by atoms with E-state index in [9.17, 15) is 22.8 Å². The number of hydrogen-bond donors (Lipinski definition) is 3. The Labute approximate surface area is 138 Å². The van der Waals surface area contributed by atoms with Crippen molar-refractivity contribution in [1.29, 1.82) is 0 Å². The van der Waals surface area contributed by atoms with E-state index in [1.807, 2.05) is 0 Å². The van der Waals surface area contributed by atoms with Crippen LogP contribution in [0.15, 0.2) is 17.2 Å². The normalized spacial score (nSPS) is 12.7. The summed E-state index contributed by atoms with van der Waals surface area (Å²) in [6.07, 6.45) is 1.07. The molecule has 1 aromatic heterocycles. The number of esters is 1. The fourth-order valence-electron chi connectivity index (χ4n) is 1.87. The molecule has 0 aliphatic carbocycles. The quantitative estimate of drug-likeness (QED) is 0.524.